The van der Waals surface area contributed by atoms with Gasteiger partial charge in [0.2, 0.25) is 5.91 Å². The number of anilines is 1. The summed E-state index contributed by atoms with van der Waals surface area (Å²) in [5.41, 5.74) is 2.69. The largest absolute Gasteiger partial charge is 0.324 e. The molecule has 0 saturated carbocycles. The van der Waals surface area contributed by atoms with Crippen molar-refractivity contribution in [2.75, 3.05) is 11.9 Å². The lowest BCUT2D eigenvalue weighted by atomic mass is 10.2. The van der Waals surface area contributed by atoms with Crippen LogP contribution in [0.5, 0.6) is 0 Å². The Bertz CT molecular complexity index is 583. The molecule has 0 fully saturated rings. The molecule has 2 aromatic rings. The summed E-state index contributed by atoms with van der Waals surface area (Å²) in [5, 5.41) is 13.1. The van der Waals surface area contributed by atoms with E-state index < -0.39 is 0 Å². The predicted octanol–water partition coefficient (Wildman–Crippen LogP) is 2.66. The second kappa shape index (κ2) is 6.54. The first-order chi connectivity index (χ1) is 9.56. The molecule has 0 bridgehead atoms. The van der Waals surface area contributed by atoms with E-state index in [9.17, 15) is 4.79 Å². The van der Waals surface area contributed by atoms with Gasteiger partial charge in [-0.25, -0.2) is 0 Å². The molecule has 3 N–H and O–H groups in total. The number of aromatic nitrogens is 2. The Morgan fingerprint density at radius 3 is 2.95 bits per heavy atom. The fraction of sp³-hybridized carbons (Fsp3) is 0.286. The fourth-order valence-electron chi connectivity index (χ4n) is 1.78. The van der Waals surface area contributed by atoms with Crippen LogP contribution in [0.15, 0.2) is 30.6 Å². The summed E-state index contributed by atoms with van der Waals surface area (Å²) in [7, 11) is 0. The minimum atomic E-state index is -0.133. The summed E-state index contributed by atoms with van der Waals surface area (Å²) in [4.78, 5) is 11.9. The molecule has 2 rings (SSSR count). The van der Waals surface area contributed by atoms with Gasteiger partial charge in [-0.05, 0) is 31.5 Å². The van der Waals surface area contributed by atoms with E-state index in [1.807, 2.05) is 26.0 Å². The molecule has 0 aliphatic carbocycles. The molecular formula is C14H17ClN4O. The van der Waals surface area contributed by atoms with E-state index in [2.05, 4.69) is 20.8 Å². The number of amides is 1. The van der Waals surface area contributed by atoms with E-state index in [4.69, 9.17) is 11.6 Å². The Balaban J connectivity index is 1.86. The molecule has 0 aliphatic heterocycles. The number of carbonyl (C=O) groups is 1. The van der Waals surface area contributed by atoms with Gasteiger partial charge in [0.25, 0.3) is 0 Å². The monoisotopic (exact) mass is 292 g/mol. The number of rotatable bonds is 5. The van der Waals surface area contributed by atoms with Crippen LogP contribution in [0.4, 0.5) is 5.69 Å². The smallest absolute Gasteiger partial charge is 0.238 e. The number of nitrogens with zero attached hydrogens (tertiary/aromatic N) is 1. The van der Waals surface area contributed by atoms with Gasteiger partial charge < -0.3 is 10.6 Å². The summed E-state index contributed by atoms with van der Waals surface area (Å²) in [6, 6.07) is 5.57. The molecule has 5 nitrogen and oxygen atoms in total. The van der Waals surface area contributed by atoms with Gasteiger partial charge in [0.15, 0.2) is 0 Å². The van der Waals surface area contributed by atoms with Crippen molar-refractivity contribution in [2.24, 2.45) is 0 Å². The molecule has 106 valence electrons. The van der Waals surface area contributed by atoms with Crippen LogP contribution >= 0.6 is 11.6 Å². The van der Waals surface area contributed by atoms with Gasteiger partial charge in [0.1, 0.15) is 0 Å². The first kappa shape index (κ1) is 14.6. The number of H-pyrrole nitrogens is 1. The molecule has 1 aromatic heterocycles. The van der Waals surface area contributed by atoms with Crippen LogP contribution in [-0.2, 0) is 4.79 Å². The molecule has 1 atom stereocenters. The van der Waals surface area contributed by atoms with Crippen molar-refractivity contribution >= 4 is 23.2 Å². The zero-order valence-corrected chi connectivity index (χ0v) is 12.2. The zero-order valence-electron chi connectivity index (χ0n) is 11.4. The SMILES string of the molecule is Cc1ccc(NC(=O)CNC(C)c2cn[nH]c2)c(Cl)c1. The third-order valence-electron chi connectivity index (χ3n) is 2.99. The van der Waals surface area contributed by atoms with E-state index in [1.54, 1.807) is 18.5 Å². The average molecular weight is 293 g/mol. The highest BCUT2D eigenvalue weighted by Gasteiger charge is 2.10. The van der Waals surface area contributed by atoms with Crippen LogP contribution in [0.1, 0.15) is 24.1 Å². The Kier molecular flexibility index (Phi) is 4.76. The van der Waals surface area contributed by atoms with Crippen molar-refractivity contribution in [3.05, 3.63) is 46.7 Å². The normalized spacial score (nSPS) is 12.2. The summed E-state index contributed by atoms with van der Waals surface area (Å²) < 4.78 is 0. The lowest BCUT2D eigenvalue weighted by Gasteiger charge is -2.12. The van der Waals surface area contributed by atoms with E-state index in [-0.39, 0.29) is 18.5 Å². The van der Waals surface area contributed by atoms with Gasteiger partial charge in [0, 0.05) is 17.8 Å². The van der Waals surface area contributed by atoms with Crippen LogP contribution in [0, 0.1) is 6.92 Å². The van der Waals surface area contributed by atoms with Crippen LogP contribution in [-0.4, -0.2) is 22.6 Å². The van der Waals surface area contributed by atoms with Crippen LogP contribution in [0.25, 0.3) is 0 Å². The lowest BCUT2D eigenvalue weighted by molar-refractivity contribution is -0.115. The first-order valence-corrected chi connectivity index (χ1v) is 6.72. The van der Waals surface area contributed by atoms with Crippen molar-refractivity contribution in [1.29, 1.82) is 0 Å². The maximum Gasteiger partial charge on any atom is 0.238 e. The molecule has 20 heavy (non-hydrogen) atoms. The molecule has 1 aromatic carbocycles. The molecular weight excluding hydrogens is 276 g/mol. The van der Waals surface area contributed by atoms with Crippen molar-refractivity contribution in [2.45, 2.75) is 19.9 Å². The Morgan fingerprint density at radius 2 is 2.30 bits per heavy atom. The minimum Gasteiger partial charge on any atom is -0.324 e. The van der Waals surface area contributed by atoms with Gasteiger partial charge in [0.05, 0.1) is 23.5 Å². The van der Waals surface area contributed by atoms with E-state index in [0.717, 1.165) is 11.1 Å². The van der Waals surface area contributed by atoms with Crippen molar-refractivity contribution in [1.82, 2.24) is 15.5 Å². The third kappa shape index (κ3) is 3.82. The maximum absolute atomic E-state index is 11.9. The fourth-order valence-corrected chi connectivity index (χ4v) is 2.06. The van der Waals surface area contributed by atoms with E-state index >= 15 is 0 Å². The highest BCUT2D eigenvalue weighted by Crippen LogP contribution is 2.22. The van der Waals surface area contributed by atoms with Gasteiger partial charge in [-0.2, -0.15) is 5.10 Å². The molecule has 1 amide bonds. The van der Waals surface area contributed by atoms with Crippen molar-refractivity contribution in [3.8, 4) is 0 Å². The van der Waals surface area contributed by atoms with Gasteiger partial charge in [-0.15, -0.1) is 0 Å². The maximum atomic E-state index is 11.9. The first-order valence-electron chi connectivity index (χ1n) is 6.34. The summed E-state index contributed by atoms with van der Waals surface area (Å²) in [5.74, 6) is -0.133. The molecule has 1 unspecified atom stereocenters. The van der Waals surface area contributed by atoms with Gasteiger partial charge >= 0.3 is 0 Å². The topological polar surface area (TPSA) is 69.8 Å². The summed E-state index contributed by atoms with van der Waals surface area (Å²) >= 11 is 6.07. The average Bonchev–Trinajstić information content (AvgIpc) is 2.93. The van der Waals surface area contributed by atoms with Crippen molar-refractivity contribution < 1.29 is 4.79 Å². The molecule has 0 aliphatic rings. The molecule has 6 heteroatoms. The van der Waals surface area contributed by atoms with Gasteiger partial charge in [-0.3, -0.25) is 9.89 Å². The van der Waals surface area contributed by atoms with Crippen molar-refractivity contribution in [3.63, 3.8) is 0 Å². The number of hydrogen-bond donors (Lipinski definition) is 3. The third-order valence-corrected chi connectivity index (χ3v) is 3.30. The van der Waals surface area contributed by atoms with E-state index in [1.165, 1.54) is 0 Å². The number of carbonyl (C=O) groups excluding carboxylic acids is 1. The lowest BCUT2D eigenvalue weighted by Crippen LogP contribution is -2.30. The van der Waals surface area contributed by atoms with Crippen LogP contribution in [0.2, 0.25) is 5.02 Å². The summed E-state index contributed by atoms with van der Waals surface area (Å²) in [6.07, 6.45) is 3.53. The molecule has 0 saturated heterocycles. The number of hydrogen-bond acceptors (Lipinski definition) is 3. The number of halogens is 1. The number of benzene rings is 1. The second-order valence-electron chi connectivity index (χ2n) is 4.67. The van der Waals surface area contributed by atoms with Crippen LogP contribution in [0.3, 0.4) is 0 Å². The van der Waals surface area contributed by atoms with Crippen LogP contribution < -0.4 is 10.6 Å². The number of aromatic amines is 1. The number of nitrogens with one attached hydrogen (secondary N) is 3. The standard InChI is InChI=1S/C14H17ClN4O/c1-9-3-4-13(12(15)5-9)19-14(20)8-16-10(2)11-6-17-18-7-11/h3-7,10,16H,8H2,1-2H3,(H,17,18)(H,19,20). The van der Waals surface area contributed by atoms with Gasteiger partial charge in [-0.1, -0.05) is 17.7 Å². The Morgan fingerprint density at radius 1 is 1.50 bits per heavy atom. The Labute approximate surface area is 122 Å². The second-order valence-corrected chi connectivity index (χ2v) is 5.07. The zero-order chi connectivity index (χ0) is 14.5. The molecule has 0 spiro atoms. The van der Waals surface area contributed by atoms with E-state index in [0.29, 0.717) is 10.7 Å². The predicted molar refractivity (Wildman–Crippen MR) is 79.8 cm³/mol. The molecule has 1 heterocycles. The molecule has 0 radical (unpaired) electrons. The number of aryl methyl sites for hydroxylation is 1. The minimum absolute atomic E-state index is 0.0491. The quantitative estimate of drug-likeness (QED) is 0.793. The Hall–Kier alpha value is -1.85. The summed E-state index contributed by atoms with van der Waals surface area (Å²) in [6.45, 7) is 4.12. The highest BCUT2D eigenvalue weighted by atomic mass is 35.5. The highest BCUT2D eigenvalue weighted by molar-refractivity contribution is 6.33.